The van der Waals surface area contributed by atoms with Gasteiger partial charge < -0.3 is 10.1 Å². The Morgan fingerprint density at radius 2 is 1.94 bits per heavy atom. The summed E-state index contributed by atoms with van der Waals surface area (Å²) in [7, 11) is 2.05. The van der Waals surface area contributed by atoms with Crippen LogP contribution in [0, 0.1) is 0 Å². The average Bonchev–Trinajstić information content (AvgIpc) is 2.89. The van der Waals surface area contributed by atoms with Crippen molar-refractivity contribution in [3.05, 3.63) is 0 Å². The molecule has 0 bridgehead atoms. The minimum absolute atomic E-state index is 0.613. The molecule has 3 unspecified atom stereocenters. The van der Waals surface area contributed by atoms with Crippen LogP contribution in [0.15, 0.2) is 0 Å². The number of likely N-dealkylation sites (tertiary alicyclic amines) is 1. The van der Waals surface area contributed by atoms with E-state index in [4.69, 9.17) is 4.74 Å². The maximum atomic E-state index is 5.44. The Morgan fingerprint density at radius 1 is 1.22 bits per heavy atom. The molecule has 4 nitrogen and oxygen atoms in total. The van der Waals surface area contributed by atoms with Gasteiger partial charge in [-0.25, -0.2) is 0 Å². The third kappa shape index (κ3) is 3.67. The molecule has 4 heteroatoms. The fraction of sp³-hybridized carbons (Fsp3) is 1.00. The Morgan fingerprint density at radius 3 is 2.61 bits per heavy atom. The summed E-state index contributed by atoms with van der Waals surface area (Å²) in [5, 5.41) is 3.34. The van der Waals surface area contributed by atoms with Gasteiger partial charge in [0.2, 0.25) is 0 Å². The largest absolute Gasteiger partial charge is 0.379 e. The number of nitrogens with zero attached hydrogens (tertiary/aromatic N) is 2. The Hall–Kier alpha value is -0.160. The molecular formula is C14H29N3O. The molecule has 2 aliphatic heterocycles. The van der Waals surface area contributed by atoms with Crippen LogP contribution in [0.3, 0.4) is 0 Å². The van der Waals surface area contributed by atoms with Crippen LogP contribution in [0.2, 0.25) is 0 Å². The van der Waals surface area contributed by atoms with Gasteiger partial charge in [-0.2, -0.15) is 0 Å². The molecule has 2 fully saturated rings. The first-order valence-corrected chi connectivity index (χ1v) is 7.44. The molecule has 0 aromatic carbocycles. The van der Waals surface area contributed by atoms with Crippen LogP contribution in [0.25, 0.3) is 0 Å². The van der Waals surface area contributed by atoms with E-state index in [1.165, 1.54) is 25.9 Å². The van der Waals surface area contributed by atoms with Crippen LogP contribution in [-0.2, 0) is 4.74 Å². The predicted octanol–water partition coefficient (Wildman–Crippen LogP) is 0.779. The highest BCUT2D eigenvalue weighted by molar-refractivity contribution is 4.87. The van der Waals surface area contributed by atoms with Crippen molar-refractivity contribution in [2.24, 2.45) is 0 Å². The number of morpholine rings is 1. The molecule has 0 amide bonds. The summed E-state index contributed by atoms with van der Waals surface area (Å²) in [5.74, 6) is 0. The molecule has 2 saturated heterocycles. The number of nitrogens with one attached hydrogen (secondary N) is 1. The van der Waals surface area contributed by atoms with E-state index >= 15 is 0 Å². The van der Waals surface area contributed by atoms with Crippen molar-refractivity contribution in [2.75, 3.05) is 46.4 Å². The van der Waals surface area contributed by atoms with Gasteiger partial charge in [-0.05, 0) is 33.7 Å². The van der Waals surface area contributed by atoms with Gasteiger partial charge in [0.05, 0.1) is 13.2 Å². The van der Waals surface area contributed by atoms with E-state index in [-0.39, 0.29) is 0 Å². The van der Waals surface area contributed by atoms with Crippen molar-refractivity contribution in [2.45, 2.75) is 44.8 Å². The van der Waals surface area contributed by atoms with Crippen molar-refractivity contribution in [3.63, 3.8) is 0 Å². The van der Waals surface area contributed by atoms with Gasteiger partial charge in [0.25, 0.3) is 0 Å². The molecule has 0 saturated carbocycles. The third-order valence-electron chi connectivity index (χ3n) is 4.57. The van der Waals surface area contributed by atoms with Gasteiger partial charge in [-0.15, -0.1) is 0 Å². The summed E-state index contributed by atoms with van der Waals surface area (Å²) in [6, 6.07) is 2.07. The molecule has 2 heterocycles. The summed E-state index contributed by atoms with van der Waals surface area (Å²) < 4.78 is 5.44. The van der Waals surface area contributed by atoms with Gasteiger partial charge in [-0.1, -0.05) is 0 Å². The highest BCUT2D eigenvalue weighted by Gasteiger charge is 2.30. The lowest BCUT2D eigenvalue weighted by Gasteiger charge is -2.33. The lowest BCUT2D eigenvalue weighted by Crippen LogP contribution is -2.45. The molecule has 0 aromatic heterocycles. The van der Waals surface area contributed by atoms with Crippen LogP contribution in [0.5, 0.6) is 0 Å². The first-order chi connectivity index (χ1) is 8.70. The zero-order valence-corrected chi connectivity index (χ0v) is 12.2. The van der Waals surface area contributed by atoms with E-state index < -0.39 is 0 Å². The zero-order chi connectivity index (χ0) is 13.0. The predicted molar refractivity (Wildman–Crippen MR) is 75.0 cm³/mol. The SMILES string of the molecule is CNC(C)CC(C)N1CCC(N2CCOCC2)C1. The summed E-state index contributed by atoms with van der Waals surface area (Å²) in [6.07, 6.45) is 2.57. The first kappa shape index (κ1) is 14.3. The molecule has 106 valence electrons. The molecule has 0 aliphatic carbocycles. The molecule has 0 aromatic rings. The second-order valence-corrected chi connectivity index (χ2v) is 5.86. The maximum absolute atomic E-state index is 5.44. The Bertz CT molecular complexity index is 243. The molecule has 3 atom stereocenters. The van der Waals surface area contributed by atoms with Crippen molar-refractivity contribution in [1.82, 2.24) is 15.1 Å². The number of rotatable bonds is 5. The highest BCUT2D eigenvalue weighted by Crippen LogP contribution is 2.20. The number of hydrogen-bond donors (Lipinski definition) is 1. The average molecular weight is 255 g/mol. The van der Waals surface area contributed by atoms with Gasteiger partial charge in [0.1, 0.15) is 0 Å². The topological polar surface area (TPSA) is 27.7 Å². The van der Waals surface area contributed by atoms with Crippen molar-refractivity contribution < 1.29 is 4.74 Å². The molecule has 2 rings (SSSR count). The second-order valence-electron chi connectivity index (χ2n) is 5.86. The standard InChI is InChI=1S/C14H29N3O/c1-12(15-3)10-13(2)17-5-4-14(11-17)16-6-8-18-9-7-16/h12-15H,4-11H2,1-3H3. The van der Waals surface area contributed by atoms with Gasteiger partial charge >= 0.3 is 0 Å². The van der Waals surface area contributed by atoms with Crippen molar-refractivity contribution >= 4 is 0 Å². The van der Waals surface area contributed by atoms with E-state index in [0.29, 0.717) is 12.1 Å². The third-order valence-corrected chi connectivity index (χ3v) is 4.57. The Balaban J connectivity index is 1.76. The second kappa shape index (κ2) is 6.85. The summed E-state index contributed by atoms with van der Waals surface area (Å²) in [5.41, 5.74) is 0. The fourth-order valence-electron chi connectivity index (χ4n) is 3.19. The number of ether oxygens (including phenoxy) is 1. The zero-order valence-electron chi connectivity index (χ0n) is 12.2. The molecule has 2 aliphatic rings. The normalized spacial score (nSPS) is 30.5. The van der Waals surface area contributed by atoms with Crippen LogP contribution < -0.4 is 5.32 Å². The fourth-order valence-corrected chi connectivity index (χ4v) is 3.19. The van der Waals surface area contributed by atoms with Gasteiger partial charge in [-0.3, -0.25) is 9.80 Å². The molecule has 0 radical (unpaired) electrons. The smallest absolute Gasteiger partial charge is 0.0594 e. The van der Waals surface area contributed by atoms with E-state index in [2.05, 4.69) is 36.0 Å². The maximum Gasteiger partial charge on any atom is 0.0594 e. The lowest BCUT2D eigenvalue weighted by atomic mass is 10.1. The van der Waals surface area contributed by atoms with Crippen LogP contribution in [-0.4, -0.2) is 74.4 Å². The first-order valence-electron chi connectivity index (χ1n) is 7.44. The summed E-state index contributed by atoms with van der Waals surface area (Å²) in [4.78, 5) is 5.28. The quantitative estimate of drug-likeness (QED) is 0.786. The van der Waals surface area contributed by atoms with E-state index in [9.17, 15) is 0 Å². The summed E-state index contributed by atoms with van der Waals surface area (Å²) >= 11 is 0. The van der Waals surface area contributed by atoms with Gasteiger partial charge in [0, 0.05) is 44.3 Å². The summed E-state index contributed by atoms with van der Waals surface area (Å²) in [6.45, 7) is 11.2. The monoisotopic (exact) mass is 255 g/mol. The Labute approximate surface area is 112 Å². The molecule has 1 N–H and O–H groups in total. The van der Waals surface area contributed by atoms with Crippen LogP contribution in [0.1, 0.15) is 26.7 Å². The highest BCUT2D eigenvalue weighted by atomic mass is 16.5. The minimum atomic E-state index is 0.613. The van der Waals surface area contributed by atoms with Crippen LogP contribution >= 0.6 is 0 Å². The van der Waals surface area contributed by atoms with Crippen molar-refractivity contribution in [3.8, 4) is 0 Å². The van der Waals surface area contributed by atoms with Crippen LogP contribution in [0.4, 0.5) is 0 Å². The Kier molecular flexibility index (Phi) is 5.42. The minimum Gasteiger partial charge on any atom is -0.379 e. The lowest BCUT2D eigenvalue weighted by molar-refractivity contribution is 0.0176. The van der Waals surface area contributed by atoms with Gasteiger partial charge in [0.15, 0.2) is 0 Å². The van der Waals surface area contributed by atoms with Crippen molar-refractivity contribution in [1.29, 1.82) is 0 Å². The molecule has 0 spiro atoms. The van der Waals surface area contributed by atoms with E-state index in [0.717, 1.165) is 32.3 Å². The number of hydrogen-bond acceptors (Lipinski definition) is 4. The molecule has 18 heavy (non-hydrogen) atoms. The van der Waals surface area contributed by atoms with E-state index in [1.807, 2.05) is 0 Å². The molecular weight excluding hydrogens is 226 g/mol. The van der Waals surface area contributed by atoms with E-state index in [1.54, 1.807) is 0 Å².